The molecule has 3 heterocycles. The Balaban J connectivity index is 0.000000351. The van der Waals surface area contributed by atoms with E-state index in [9.17, 15) is 14.4 Å². The second-order valence-electron chi connectivity index (χ2n) is 4.37. The van der Waals surface area contributed by atoms with Crippen molar-refractivity contribution < 1.29 is 39.0 Å². The number of aldehydes is 2. The van der Waals surface area contributed by atoms with Crippen molar-refractivity contribution in [1.29, 1.82) is 0 Å². The number of carbonyl (C=O) groups is 6. The van der Waals surface area contributed by atoms with Crippen LogP contribution in [-0.2, 0) is 9.59 Å². The van der Waals surface area contributed by atoms with E-state index in [0.29, 0.717) is 0 Å². The number of nitrogens with two attached hydrogens (primary N) is 2. The van der Waals surface area contributed by atoms with Crippen molar-refractivity contribution in [3.05, 3.63) is 0 Å². The molecule has 16 nitrogen and oxygen atoms in total. The third kappa shape index (κ3) is 8.84. The molecule has 0 bridgehead atoms. The van der Waals surface area contributed by atoms with E-state index in [-0.39, 0.29) is 37.0 Å². The molecule has 8 amide bonds. The van der Waals surface area contributed by atoms with Crippen LogP contribution in [0.25, 0.3) is 0 Å². The molecule has 3 rings (SSSR count). The van der Waals surface area contributed by atoms with Crippen LogP contribution in [0.3, 0.4) is 0 Å². The SMILES string of the molecule is NC(N)=O.O=C1NC(O)C(O)N1.O=C1NC2NC(=O)NC2N1.O=CC=O. The van der Waals surface area contributed by atoms with E-state index in [4.69, 9.17) is 24.6 Å². The zero-order valence-electron chi connectivity index (χ0n) is 13.0. The number of primary amides is 2. The summed E-state index contributed by atoms with van der Waals surface area (Å²) in [5.74, 6) is 0. The van der Waals surface area contributed by atoms with Gasteiger partial charge in [-0.1, -0.05) is 0 Å². The van der Waals surface area contributed by atoms with Gasteiger partial charge in [0.15, 0.2) is 25.0 Å². The summed E-state index contributed by atoms with van der Waals surface area (Å²) in [5, 5.41) is 31.1. The number of hydrogen-bond donors (Lipinski definition) is 10. The van der Waals surface area contributed by atoms with E-state index in [2.05, 4.69) is 32.7 Å². The first-order valence-electron chi connectivity index (χ1n) is 6.61. The molecule has 3 fully saturated rings. The number of amides is 8. The van der Waals surface area contributed by atoms with Crippen LogP contribution in [0.2, 0.25) is 0 Å². The van der Waals surface area contributed by atoms with Gasteiger partial charge in [-0.15, -0.1) is 0 Å². The van der Waals surface area contributed by atoms with Crippen LogP contribution in [0.5, 0.6) is 0 Å². The minimum atomic E-state index is -1.16. The number of carbonyl (C=O) groups excluding carboxylic acids is 6. The van der Waals surface area contributed by atoms with Crippen LogP contribution in [-0.4, -0.2) is 71.7 Å². The second kappa shape index (κ2) is 11.0. The fourth-order valence-corrected chi connectivity index (χ4v) is 1.52. The number of fused-ring (bicyclic) bond motifs is 1. The highest BCUT2D eigenvalue weighted by Crippen LogP contribution is 2.00. The molecule has 0 aromatic carbocycles. The van der Waals surface area contributed by atoms with E-state index < -0.39 is 24.5 Å². The predicted molar refractivity (Wildman–Crippen MR) is 80.5 cm³/mol. The molecule has 146 valence electrons. The Morgan fingerprint density at radius 2 is 0.962 bits per heavy atom. The van der Waals surface area contributed by atoms with Gasteiger partial charge in [0.05, 0.1) is 0 Å². The van der Waals surface area contributed by atoms with Gasteiger partial charge in [-0.05, 0) is 0 Å². The number of urea groups is 4. The Morgan fingerprint density at radius 3 is 1.12 bits per heavy atom. The van der Waals surface area contributed by atoms with Crippen LogP contribution in [0.1, 0.15) is 0 Å². The fourth-order valence-electron chi connectivity index (χ4n) is 1.52. The van der Waals surface area contributed by atoms with Gasteiger partial charge in [0.1, 0.15) is 12.3 Å². The molecular weight excluding hydrogens is 360 g/mol. The average Bonchev–Trinajstić information content (AvgIpc) is 3.11. The Labute approximate surface area is 145 Å². The van der Waals surface area contributed by atoms with Crippen molar-refractivity contribution in [2.75, 3.05) is 0 Å². The van der Waals surface area contributed by atoms with Gasteiger partial charge in [-0.3, -0.25) is 9.59 Å². The van der Waals surface area contributed by atoms with E-state index in [1.807, 2.05) is 10.6 Å². The maximum atomic E-state index is 10.5. The van der Waals surface area contributed by atoms with Crippen LogP contribution in [0.15, 0.2) is 0 Å². The van der Waals surface area contributed by atoms with Crippen LogP contribution in [0.4, 0.5) is 19.2 Å². The van der Waals surface area contributed by atoms with E-state index in [0.717, 1.165) is 0 Å². The summed E-state index contributed by atoms with van der Waals surface area (Å²) in [6.07, 6.45) is -2.52. The van der Waals surface area contributed by atoms with Gasteiger partial charge in [-0.25, -0.2) is 19.2 Å². The first kappa shape index (κ1) is 22.3. The molecule has 0 aliphatic carbocycles. The van der Waals surface area contributed by atoms with Gasteiger partial charge >= 0.3 is 24.1 Å². The van der Waals surface area contributed by atoms with Gasteiger partial charge < -0.3 is 53.6 Å². The Kier molecular flexibility index (Phi) is 9.45. The average molecular weight is 378 g/mol. The molecule has 0 saturated carbocycles. The van der Waals surface area contributed by atoms with Crippen LogP contribution in [0, 0.1) is 0 Å². The molecule has 16 heteroatoms. The highest BCUT2D eigenvalue weighted by Gasteiger charge is 2.38. The number of hydrogen-bond acceptors (Lipinski definition) is 8. The molecule has 12 N–H and O–H groups in total. The van der Waals surface area contributed by atoms with Gasteiger partial charge in [0, 0.05) is 0 Å². The monoisotopic (exact) mass is 378 g/mol. The lowest BCUT2D eigenvalue weighted by Gasteiger charge is -2.02. The largest absolute Gasteiger partial charge is 0.369 e. The third-order valence-corrected chi connectivity index (χ3v) is 2.39. The lowest BCUT2D eigenvalue weighted by atomic mass is 10.4. The minimum Gasteiger partial charge on any atom is -0.369 e. The summed E-state index contributed by atoms with van der Waals surface area (Å²) in [6, 6.07) is -1.91. The zero-order valence-corrected chi connectivity index (χ0v) is 13.0. The molecule has 3 saturated heterocycles. The first-order chi connectivity index (χ1) is 12.1. The van der Waals surface area contributed by atoms with Crippen molar-refractivity contribution >= 4 is 36.7 Å². The topological polar surface area (TPSA) is 267 Å². The molecule has 0 aromatic rings. The second-order valence-corrected chi connectivity index (χ2v) is 4.37. The summed E-state index contributed by atoms with van der Waals surface area (Å²) in [6.45, 7) is 0. The summed E-state index contributed by atoms with van der Waals surface area (Å²) in [4.78, 5) is 57.8. The van der Waals surface area contributed by atoms with Crippen molar-refractivity contribution in [3.63, 3.8) is 0 Å². The zero-order chi connectivity index (χ0) is 20.3. The molecule has 0 aromatic heterocycles. The standard InChI is InChI=1S/C4H6N4O2.C3H6N2O3.C2H2O2.CH4N2O/c9-3-5-1-2(7-3)8-4(10)6-1;6-1-2(7)5-3(8)4-1;3-1-2-4;2-1(3)4/h1-2H,(H2,5,7,9)(H2,6,8,10);1-2,6-7H,(H2,4,5,8);1-2H;(H4,2,3,4). The fraction of sp³-hybridized carbons (Fsp3) is 0.400. The summed E-state index contributed by atoms with van der Waals surface area (Å²) in [5.41, 5.74) is 8.50. The van der Waals surface area contributed by atoms with Crippen LogP contribution >= 0.6 is 0 Å². The summed E-state index contributed by atoms with van der Waals surface area (Å²) in [7, 11) is 0. The van der Waals surface area contributed by atoms with Crippen LogP contribution < -0.4 is 43.4 Å². The quantitative estimate of drug-likeness (QED) is 0.155. The Morgan fingerprint density at radius 1 is 0.731 bits per heavy atom. The van der Waals surface area contributed by atoms with Crippen molar-refractivity contribution in [1.82, 2.24) is 31.9 Å². The molecule has 3 aliphatic heterocycles. The molecule has 26 heavy (non-hydrogen) atoms. The summed E-state index contributed by atoms with van der Waals surface area (Å²) >= 11 is 0. The maximum absolute atomic E-state index is 10.5. The summed E-state index contributed by atoms with van der Waals surface area (Å²) < 4.78 is 0. The molecular formula is C10H18N8O8. The molecule has 0 spiro atoms. The van der Waals surface area contributed by atoms with E-state index >= 15 is 0 Å². The lowest BCUT2D eigenvalue weighted by molar-refractivity contribution is -0.122. The van der Waals surface area contributed by atoms with Gasteiger partial charge in [0.2, 0.25) is 0 Å². The van der Waals surface area contributed by atoms with E-state index in [1.165, 1.54) is 0 Å². The maximum Gasteiger partial charge on any atom is 0.319 e. The molecule has 2 atom stereocenters. The predicted octanol–water partition coefficient (Wildman–Crippen LogP) is -5.39. The normalized spacial score (nSPS) is 26.6. The molecule has 3 aliphatic rings. The van der Waals surface area contributed by atoms with Gasteiger partial charge in [-0.2, -0.15) is 0 Å². The molecule has 0 radical (unpaired) electrons. The van der Waals surface area contributed by atoms with E-state index in [1.54, 1.807) is 0 Å². The van der Waals surface area contributed by atoms with Crippen molar-refractivity contribution in [3.8, 4) is 0 Å². The van der Waals surface area contributed by atoms with Crippen molar-refractivity contribution in [2.45, 2.75) is 24.8 Å². The Bertz CT molecular complexity index is 497. The number of aliphatic hydroxyl groups excluding tert-OH is 2. The first-order valence-corrected chi connectivity index (χ1v) is 6.61. The smallest absolute Gasteiger partial charge is 0.319 e. The highest BCUT2D eigenvalue weighted by molar-refractivity contribution is 6.09. The van der Waals surface area contributed by atoms with Crippen molar-refractivity contribution in [2.24, 2.45) is 11.5 Å². The number of nitrogens with one attached hydrogen (secondary N) is 6. The minimum absolute atomic E-state index is 0.194. The Hall–Kier alpha value is -3.66. The third-order valence-electron chi connectivity index (χ3n) is 2.39. The highest BCUT2D eigenvalue weighted by atomic mass is 16.4. The lowest BCUT2D eigenvalue weighted by Crippen LogP contribution is -2.39. The number of rotatable bonds is 1. The van der Waals surface area contributed by atoms with Gasteiger partial charge in [0.25, 0.3) is 0 Å². The molecule has 2 unspecified atom stereocenters. The number of aliphatic hydroxyl groups is 2.